The van der Waals surface area contributed by atoms with Crippen LogP contribution in [0, 0.1) is 5.92 Å². The lowest BCUT2D eigenvalue weighted by molar-refractivity contribution is -0.145. The van der Waals surface area contributed by atoms with Crippen LogP contribution in [0.2, 0.25) is 0 Å². The van der Waals surface area contributed by atoms with Gasteiger partial charge in [0.1, 0.15) is 11.5 Å². The number of likely N-dealkylation sites (tertiary alicyclic amines) is 1. The summed E-state index contributed by atoms with van der Waals surface area (Å²) in [6, 6.07) is 16.0. The molecule has 1 saturated heterocycles. The predicted molar refractivity (Wildman–Crippen MR) is 99.5 cm³/mol. The summed E-state index contributed by atoms with van der Waals surface area (Å²) >= 11 is 0. The molecule has 0 spiro atoms. The molecule has 1 fully saturated rings. The van der Waals surface area contributed by atoms with E-state index in [0.29, 0.717) is 6.54 Å². The first kappa shape index (κ1) is 18.3. The Morgan fingerprint density at radius 3 is 2.19 bits per heavy atom. The average molecular weight is 355 g/mol. The van der Waals surface area contributed by atoms with Crippen molar-refractivity contribution in [3.05, 3.63) is 59.7 Å². The van der Waals surface area contributed by atoms with Gasteiger partial charge in [-0.15, -0.1) is 0 Å². The van der Waals surface area contributed by atoms with Crippen molar-refractivity contribution < 1.29 is 19.0 Å². The Hall–Kier alpha value is -2.53. The predicted octanol–water partition coefficient (Wildman–Crippen LogP) is 3.09. The molecule has 2 aromatic carbocycles. The van der Waals surface area contributed by atoms with Crippen molar-refractivity contribution in [2.45, 2.75) is 12.5 Å². The molecule has 2 atom stereocenters. The van der Waals surface area contributed by atoms with Gasteiger partial charge < -0.3 is 14.2 Å². The average Bonchev–Trinajstić information content (AvgIpc) is 3.10. The highest BCUT2D eigenvalue weighted by molar-refractivity contribution is 5.75. The largest absolute Gasteiger partial charge is 0.496 e. The standard InChI is InChI=1S/C21H25NO4/c1-24-18-10-7-11-19(25-2)20(18)16-13-22(14-17(16)21(23)26-3)12-15-8-5-4-6-9-15/h4-11,16-17H,12-14H2,1-3H3. The van der Waals surface area contributed by atoms with Crippen LogP contribution in [0.25, 0.3) is 0 Å². The van der Waals surface area contributed by atoms with E-state index >= 15 is 0 Å². The molecule has 5 nitrogen and oxygen atoms in total. The minimum Gasteiger partial charge on any atom is -0.496 e. The van der Waals surface area contributed by atoms with Crippen LogP contribution in [-0.4, -0.2) is 45.3 Å². The second-order valence-corrected chi connectivity index (χ2v) is 6.49. The first-order valence-electron chi connectivity index (χ1n) is 8.73. The van der Waals surface area contributed by atoms with Crippen LogP contribution in [0.15, 0.2) is 48.5 Å². The van der Waals surface area contributed by atoms with Crippen LogP contribution >= 0.6 is 0 Å². The van der Waals surface area contributed by atoms with Crippen LogP contribution in [0.4, 0.5) is 0 Å². The summed E-state index contributed by atoms with van der Waals surface area (Å²) in [7, 11) is 4.73. The Labute approximate surface area is 154 Å². The molecule has 0 amide bonds. The Balaban J connectivity index is 1.92. The fourth-order valence-electron chi connectivity index (χ4n) is 3.78. The molecule has 1 aliphatic rings. The molecular formula is C21H25NO4. The maximum absolute atomic E-state index is 12.5. The number of hydrogen-bond donors (Lipinski definition) is 0. The highest BCUT2D eigenvalue weighted by atomic mass is 16.5. The molecular weight excluding hydrogens is 330 g/mol. The molecule has 0 N–H and O–H groups in total. The van der Waals surface area contributed by atoms with Gasteiger partial charge in [0.25, 0.3) is 0 Å². The van der Waals surface area contributed by atoms with Crippen molar-refractivity contribution in [1.29, 1.82) is 0 Å². The first-order chi connectivity index (χ1) is 12.7. The van der Waals surface area contributed by atoms with E-state index in [2.05, 4.69) is 17.0 Å². The molecule has 0 aromatic heterocycles. The Kier molecular flexibility index (Phi) is 5.78. The number of esters is 1. The molecule has 138 valence electrons. The van der Waals surface area contributed by atoms with Crippen molar-refractivity contribution in [3.8, 4) is 11.5 Å². The Morgan fingerprint density at radius 2 is 1.62 bits per heavy atom. The summed E-state index contributed by atoms with van der Waals surface area (Å²) in [5.41, 5.74) is 2.16. The summed E-state index contributed by atoms with van der Waals surface area (Å²) in [6.45, 7) is 2.18. The van der Waals surface area contributed by atoms with E-state index < -0.39 is 0 Å². The molecule has 0 saturated carbocycles. The number of carbonyl (C=O) groups excluding carboxylic acids is 1. The molecule has 2 aromatic rings. The SMILES string of the molecule is COC(=O)C1CN(Cc2ccccc2)CC1c1c(OC)cccc1OC. The topological polar surface area (TPSA) is 48.0 Å². The fraction of sp³-hybridized carbons (Fsp3) is 0.381. The van der Waals surface area contributed by atoms with Crippen LogP contribution < -0.4 is 9.47 Å². The van der Waals surface area contributed by atoms with Gasteiger partial charge in [0.05, 0.1) is 27.2 Å². The van der Waals surface area contributed by atoms with Gasteiger partial charge in [-0.25, -0.2) is 0 Å². The maximum atomic E-state index is 12.5. The third-order valence-corrected chi connectivity index (χ3v) is 4.99. The Morgan fingerprint density at radius 1 is 0.962 bits per heavy atom. The van der Waals surface area contributed by atoms with E-state index in [4.69, 9.17) is 14.2 Å². The second kappa shape index (κ2) is 8.23. The molecule has 26 heavy (non-hydrogen) atoms. The lowest BCUT2D eigenvalue weighted by atomic mass is 9.87. The molecule has 2 unspecified atom stereocenters. The normalized spacial score (nSPS) is 20.0. The Bertz CT molecular complexity index is 725. The molecule has 0 aliphatic carbocycles. The molecule has 3 rings (SSSR count). The third kappa shape index (κ3) is 3.68. The van der Waals surface area contributed by atoms with Gasteiger partial charge in [0, 0.05) is 31.1 Å². The van der Waals surface area contributed by atoms with E-state index in [9.17, 15) is 4.79 Å². The number of methoxy groups -OCH3 is 3. The van der Waals surface area contributed by atoms with Crippen molar-refractivity contribution in [3.63, 3.8) is 0 Å². The summed E-state index contributed by atoms with van der Waals surface area (Å²) in [6.07, 6.45) is 0. The summed E-state index contributed by atoms with van der Waals surface area (Å²) in [5.74, 6) is 0.985. The van der Waals surface area contributed by atoms with Crippen LogP contribution in [0.3, 0.4) is 0 Å². The van der Waals surface area contributed by atoms with Crippen molar-refractivity contribution in [1.82, 2.24) is 4.90 Å². The number of carbonyl (C=O) groups is 1. The molecule has 0 radical (unpaired) electrons. The van der Waals surface area contributed by atoms with Gasteiger partial charge in [-0.05, 0) is 17.7 Å². The zero-order valence-corrected chi connectivity index (χ0v) is 15.5. The van der Waals surface area contributed by atoms with E-state index in [1.165, 1.54) is 12.7 Å². The van der Waals surface area contributed by atoms with Crippen LogP contribution in [0.5, 0.6) is 11.5 Å². The maximum Gasteiger partial charge on any atom is 0.310 e. The molecule has 0 bridgehead atoms. The van der Waals surface area contributed by atoms with Gasteiger partial charge in [-0.1, -0.05) is 36.4 Å². The zero-order valence-electron chi connectivity index (χ0n) is 15.5. The van der Waals surface area contributed by atoms with E-state index in [0.717, 1.165) is 30.2 Å². The minimum atomic E-state index is -0.256. The minimum absolute atomic E-state index is 0.0442. The van der Waals surface area contributed by atoms with E-state index in [-0.39, 0.29) is 17.8 Å². The number of hydrogen-bond acceptors (Lipinski definition) is 5. The van der Waals surface area contributed by atoms with Gasteiger partial charge in [-0.3, -0.25) is 9.69 Å². The quantitative estimate of drug-likeness (QED) is 0.745. The number of ether oxygens (including phenoxy) is 3. The smallest absolute Gasteiger partial charge is 0.310 e. The van der Waals surface area contributed by atoms with E-state index in [1.807, 2.05) is 36.4 Å². The van der Waals surface area contributed by atoms with Gasteiger partial charge in [0.15, 0.2) is 0 Å². The van der Waals surface area contributed by atoms with Gasteiger partial charge >= 0.3 is 5.97 Å². The fourth-order valence-corrected chi connectivity index (χ4v) is 3.78. The van der Waals surface area contributed by atoms with Gasteiger partial charge in [0.2, 0.25) is 0 Å². The number of rotatable bonds is 6. The first-order valence-corrected chi connectivity index (χ1v) is 8.73. The lowest BCUT2D eigenvalue weighted by Crippen LogP contribution is -2.24. The zero-order chi connectivity index (χ0) is 18.5. The molecule has 5 heteroatoms. The van der Waals surface area contributed by atoms with Crippen molar-refractivity contribution >= 4 is 5.97 Å². The summed E-state index contributed by atoms with van der Waals surface area (Å²) in [4.78, 5) is 14.7. The van der Waals surface area contributed by atoms with Crippen molar-refractivity contribution in [2.24, 2.45) is 5.92 Å². The number of nitrogens with zero attached hydrogens (tertiary/aromatic N) is 1. The lowest BCUT2D eigenvalue weighted by Gasteiger charge is -2.22. The van der Waals surface area contributed by atoms with E-state index in [1.54, 1.807) is 14.2 Å². The van der Waals surface area contributed by atoms with Crippen LogP contribution in [0.1, 0.15) is 17.0 Å². The highest BCUT2D eigenvalue weighted by Gasteiger charge is 2.41. The van der Waals surface area contributed by atoms with Crippen molar-refractivity contribution in [2.75, 3.05) is 34.4 Å². The monoisotopic (exact) mass is 355 g/mol. The highest BCUT2D eigenvalue weighted by Crippen LogP contribution is 2.43. The van der Waals surface area contributed by atoms with Gasteiger partial charge in [-0.2, -0.15) is 0 Å². The molecule has 1 heterocycles. The molecule has 1 aliphatic heterocycles. The van der Waals surface area contributed by atoms with Crippen LogP contribution in [-0.2, 0) is 16.1 Å². The summed E-state index contributed by atoms with van der Waals surface area (Å²) < 4.78 is 16.2. The second-order valence-electron chi connectivity index (χ2n) is 6.49. The number of benzene rings is 2. The third-order valence-electron chi connectivity index (χ3n) is 4.99. The summed E-state index contributed by atoms with van der Waals surface area (Å²) in [5, 5.41) is 0.